The normalized spacial score (nSPS) is 10.4. The van der Waals surface area contributed by atoms with E-state index in [2.05, 4.69) is 9.97 Å². The monoisotopic (exact) mass is 160 g/mol. The molecule has 2 aromatic heterocycles. The van der Waals surface area contributed by atoms with Crippen molar-refractivity contribution in [1.82, 2.24) is 9.97 Å². The zero-order valence-electron chi connectivity index (χ0n) is 6.44. The van der Waals surface area contributed by atoms with E-state index >= 15 is 0 Å². The molecule has 0 aliphatic carbocycles. The van der Waals surface area contributed by atoms with E-state index in [0.29, 0.717) is 5.69 Å². The van der Waals surface area contributed by atoms with E-state index in [9.17, 15) is 0 Å². The molecule has 2 heterocycles. The zero-order valence-corrected chi connectivity index (χ0v) is 6.44. The van der Waals surface area contributed by atoms with Crippen molar-refractivity contribution >= 4 is 10.9 Å². The minimum atomic E-state index is -0.0156. The van der Waals surface area contributed by atoms with Crippen molar-refractivity contribution in [2.75, 3.05) is 0 Å². The van der Waals surface area contributed by atoms with Gasteiger partial charge in [0.1, 0.15) is 0 Å². The highest BCUT2D eigenvalue weighted by Crippen LogP contribution is 2.09. The van der Waals surface area contributed by atoms with Gasteiger partial charge in [0, 0.05) is 17.8 Å². The van der Waals surface area contributed by atoms with Gasteiger partial charge in [-0.3, -0.25) is 9.97 Å². The van der Waals surface area contributed by atoms with Gasteiger partial charge in [0.15, 0.2) is 0 Å². The molecule has 0 spiro atoms. The van der Waals surface area contributed by atoms with Crippen LogP contribution in [0.25, 0.3) is 10.9 Å². The molecule has 1 N–H and O–H groups in total. The maximum Gasteiger partial charge on any atom is 0.0853 e. The summed E-state index contributed by atoms with van der Waals surface area (Å²) in [6.07, 6.45) is 3.44. The van der Waals surface area contributed by atoms with E-state index < -0.39 is 0 Å². The molecule has 60 valence electrons. The molecule has 0 aliphatic heterocycles. The molecular formula is C9H8N2O. The summed E-state index contributed by atoms with van der Waals surface area (Å²) in [5.41, 5.74) is 1.56. The average Bonchev–Trinajstić information content (AvgIpc) is 2.17. The lowest BCUT2D eigenvalue weighted by Crippen LogP contribution is -1.89. The summed E-state index contributed by atoms with van der Waals surface area (Å²) in [6, 6.07) is 5.53. The SMILES string of the molecule is OCc1ccc2cnccc2n1. The summed E-state index contributed by atoms with van der Waals surface area (Å²) < 4.78 is 0. The van der Waals surface area contributed by atoms with Crippen molar-refractivity contribution in [3.05, 3.63) is 36.3 Å². The number of nitrogens with zero attached hydrogens (tertiary/aromatic N) is 2. The molecular weight excluding hydrogens is 152 g/mol. The largest absolute Gasteiger partial charge is 0.390 e. The van der Waals surface area contributed by atoms with E-state index in [0.717, 1.165) is 10.9 Å². The maximum atomic E-state index is 8.82. The van der Waals surface area contributed by atoms with E-state index in [1.165, 1.54) is 0 Å². The number of hydrogen-bond donors (Lipinski definition) is 1. The standard InChI is InChI=1S/C9H8N2O/c12-6-8-2-1-7-5-10-4-3-9(7)11-8/h1-5,12H,6H2. The fraction of sp³-hybridized carbons (Fsp3) is 0.111. The Labute approximate surface area is 69.7 Å². The molecule has 0 amide bonds. The van der Waals surface area contributed by atoms with Gasteiger partial charge in [-0.2, -0.15) is 0 Å². The van der Waals surface area contributed by atoms with Crippen LogP contribution >= 0.6 is 0 Å². The van der Waals surface area contributed by atoms with Gasteiger partial charge >= 0.3 is 0 Å². The molecule has 0 bridgehead atoms. The summed E-state index contributed by atoms with van der Waals surface area (Å²) >= 11 is 0. The summed E-state index contributed by atoms with van der Waals surface area (Å²) in [5, 5.41) is 9.81. The molecule has 3 heteroatoms. The second-order valence-corrected chi connectivity index (χ2v) is 2.53. The van der Waals surface area contributed by atoms with Gasteiger partial charge < -0.3 is 5.11 Å². The number of fused-ring (bicyclic) bond motifs is 1. The summed E-state index contributed by atoms with van der Waals surface area (Å²) in [4.78, 5) is 8.17. The molecule has 2 aromatic rings. The average molecular weight is 160 g/mol. The Balaban J connectivity index is 2.67. The van der Waals surface area contributed by atoms with Gasteiger partial charge in [0.2, 0.25) is 0 Å². The molecule has 0 aromatic carbocycles. The molecule has 2 rings (SSSR count). The number of aliphatic hydroxyl groups is 1. The van der Waals surface area contributed by atoms with Crippen LogP contribution in [0.2, 0.25) is 0 Å². The minimum Gasteiger partial charge on any atom is -0.390 e. The summed E-state index contributed by atoms with van der Waals surface area (Å²) in [6.45, 7) is -0.0156. The first kappa shape index (κ1) is 7.18. The third-order valence-electron chi connectivity index (χ3n) is 1.71. The van der Waals surface area contributed by atoms with Crippen molar-refractivity contribution in [1.29, 1.82) is 0 Å². The van der Waals surface area contributed by atoms with Crippen LogP contribution in [0.4, 0.5) is 0 Å². The van der Waals surface area contributed by atoms with Gasteiger partial charge in [-0.05, 0) is 18.2 Å². The van der Waals surface area contributed by atoms with Crippen LogP contribution in [0, 0.1) is 0 Å². The predicted molar refractivity (Wildman–Crippen MR) is 45.5 cm³/mol. The third-order valence-corrected chi connectivity index (χ3v) is 1.71. The van der Waals surface area contributed by atoms with E-state index in [-0.39, 0.29) is 6.61 Å². The van der Waals surface area contributed by atoms with E-state index in [1.54, 1.807) is 18.5 Å². The third kappa shape index (κ3) is 1.14. The molecule has 12 heavy (non-hydrogen) atoms. The molecule has 0 aliphatic rings. The van der Waals surface area contributed by atoms with Gasteiger partial charge in [0.25, 0.3) is 0 Å². The van der Waals surface area contributed by atoms with Crippen LogP contribution in [0.1, 0.15) is 5.69 Å². The Hall–Kier alpha value is -1.48. The molecule has 0 saturated heterocycles. The van der Waals surface area contributed by atoms with Crippen LogP contribution in [-0.2, 0) is 6.61 Å². The van der Waals surface area contributed by atoms with Crippen LogP contribution in [0.3, 0.4) is 0 Å². The van der Waals surface area contributed by atoms with Crippen LogP contribution in [-0.4, -0.2) is 15.1 Å². The quantitative estimate of drug-likeness (QED) is 0.680. The number of hydrogen-bond acceptors (Lipinski definition) is 3. The van der Waals surface area contributed by atoms with E-state index in [1.807, 2.05) is 12.1 Å². The number of pyridine rings is 2. The first-order valence-corrected chi connectivity index (χ1v) is 3.70. The Morgan fingerprint density at radius 3 is 3.00 bits per heavy atom. The fourth-order valence-corrected chi connectivity index (χ4v) is 1.10. The smallest absolute Gasteiger partial charge is 0.0853 e. The van der Waals surface area contributed by atoms with Crippen molar-refractivity contribution in [2.45, 2.75) is 6.61 Å². The highest BCUT2D eigenvalue weighted by molar-refractivity contribution is 5.77. The van der Waals surface area contributed by atoms with Gasteiger partial charge in [-0.1, -0.05) is 0 Å². The first-order valence-electron chi connectivity index (χ1n) is 3.70. The van der Waals surface area contributed by atoms with Gasteiger partial charge in [-0.25, -0.2) is 0 Å². The number of rotatable bonds is 1. The van der Waals surface area contributed by atoms with Crippen LogP contribution < -0.4 is 0 Å². The number of aliphatic hydroxyl groups excluding tert-OH is 1. The lowest BCUT2D eigenvalue weighted by molar-refractivity contribution is 0.277. The molecule has 0 unspecified atom stereocenters. The van der Waals surface area contributed by atoms with Crippen LogP contribution in [0.15, 0.2) is 30.6 Å². The zero-order chi connectivity index (χ0) is 8.39. The second-order valence-electron chi connectivity index (χ2n) is 2.53. The lowest BCUT2D eigenvalue weighted by atomic mass is 10.2. The summed E-state index contributed by atoms with van der Waals surface area (Å²) in [7, 11) is 0. The summed E-state index contributed by atoms with van der Waals surface area (Å²) in [5.74, 6) is 0. The highest BCUT2D eigenvalue weighted by Gasteiger charge is 1.95. The topological polar surface area (TPSA) is 46.0 Å². The Kier molecular flexibility index (Phi) is 1.72. The van der Waals surface area contributed by atoms with Crippen molar-refractivity contribution in [3.63, 3.8) is 0 Å². The van der Waals surface area contributed by atoms with Crippen molar-refractivity contribution in [2.24, 2.45) is 0 Å². The van der Waals surface area contributed by atoms with Gasteiger partial charge in [0.05, 0.1) is 17.8 Å². The Bertz CT molecular complexity index is 400. The molecule has 3 nitrogen and oxygen atoms in total. The van der Waals surface area contributed by atoms with Crippen LogP contribution in [0.5, 0.6) is 0 Å². The van der Waals surface area contributed by atoms with Crippen molar-refractivity contribution < 1.29 is 5.11 Å². The number of aromatic nitrogens is 2. The van der Waals surface area contributed by atoms with Crippen molar-refractivity contribution in [3.8, 4) is 0 Å². The maximum absolute atomic E-state index is 8.82. The lowest BCUT2D eigenvalue weighted by Gasteiger charge is -1.97. The van der Waals surface area contributed by atoms with Gasteiger partial charge in [-0.15, -0.1) is 0 Å². The minimum absolute atomic E-state index is 0.0156. The Morgan fingerprint density at radius 1 is 1.25 bits per heavy atom. The molecule has 0 fully saturated rings. The fourth-order valence-electron chi connectivity index (χ4n) is 1.10. The molecule has 0 atom stereocenters. The molecule has 0 saturated carbocycles. The highest BCUT2D eigenvalue weighted by atomic mass is 16.3. The predicted octanol–water partition coefficient (Wildman–Crippen LogP) is 1.12. The Morgan fingerprint density at radius 2 is 2.17 bits per heavy atom. The van der Waals surface area contributed by atoms with E-state index in [4.69, 9.17) is 5.11 Å². The second kappa shape index (κ2) is 2.87. The molecule has 0 radical (unpaired) electrons. The first-order chi connectivity index (χ1) is 5.90.